The number of carbonyl (C=O) groups is 2. The van der Waals surface area contributed by atoms with Gasteiger partial charge in [-0.1, -0.05) is 44.2 Å². The molecular formula is C22H25N3O4S. The average Bonchev–Trinajstić information content (AvgIpc) is 3.06. The maximum Gasteiger partial charge on any atom is 0.282 e. The zero-order valence-electron chi connectivity index (χ0n) is 17.2. The van der Waals surface area contributed by atoms with Crippen LogP contribution in [0.1, 0.15) is 40.1 Å². The fourth-order valence-corrected chi connectivity index (χ4v) is 5.78. The minimum atomic E-state index is -3.50. The molecule has 0 atom stereocenters. The standard InChI is InChI=1S/C22H25N3O4S/c1-3-24(4-2)30(28,29)25-13-11-23(12-14-25)22(27)16-9-10-18-17-7-5-6-8-19(17)21(26)20(18)15-16/h5-10,15H,3-4,11-14H2,1-2H3. The van der Waals surface area contributed by atoms with Crippen LogP contribution in [-0.4, -0.2) is 72.9 Å². The van der Waals surface area contributed by atoms with Crippen LogP contribution in [0.2, 0.25) is 0 Å². The fourth-order valence-electron chi connectivity index (χ4n) is 4.18. The summed E-state index contributed by atoms with van der Waals surface area (Å²) in [5, 5.41) is 0. The quantitative estimate of drug-likeness (QED) is 0.626. The summed E-state index contributed by atoms with van der Waals surface area (Å²) in [4.78, 5) is 27.4. The molecule has 2 aromatic carbocycles. The number of hydrogen-bond donors (Lipinski definition) is 0. The van der Waals surface area contributed by atoms with E-state index < -0.39 is 10.2 Å². The lowest BCUT2D eigenvalue weighted by atomic mass is 10.0. The Balaban J connectivity index is 1.49. The second-order valence-electron chi connectivity index (χ2n) is 7.42. The van der Waals surface area contributed by atoms with Crippen LogP contribution in [-0.2, 0) is 10.2 Å². The van der Waals surface area contributed by atoms with Gasteiger partial charge >= 0.3 is 0 Å². The number of fused-ring (bicyclic) bond motifs is 3. The molecule has 1 fully saturated rings. The van der Waals surface area contributed by atoms with Crippen LogP contribution < -0.4 is 0 Å². The lowest BCUT2D eigenvalue weighted by molar-refractivity contribution is 0.0694. The van der Waals surface area contributed by atoms with E-state index in [2.05, 4.69) is 0 Å². The highest BCUT2D eigenvalue weighted by molar-refractivity contribution is 7.86. The Hall–Kier alpha value is -2.55. The van der Waals surface area contributed by atoms with Crippen LogP contribution in [0.4, 0.5) is 0 Å². The normalized spacial score (nSPS) is 16.6. The first-order valence-electron chi connectivity index (χ1n) is 10.2. The van der Waals surface area contributed by atoms with Crippen molar-refractivity contribution in [2.75, 3.05) is 39.3 Å². The Bertz CT molecular complexity index is 1100. The lowest BCUT2D eigenvalue weighted by Crippen LogP contribution is -2.54. The molecule has 0 spiro atoms. The van der Waals surface area contributed by atoms with Crippen molar-refractivity contribution in [1.29, 1.82) is 0 Å². The third-order valence-electron chi connectivity index (χ3n) is 5.86. The molecule has 30 heavy (non-hydrogen) atoms. The Morgan fingerprint density at radius 1 is 0.900 bits per heavy atom. The number of rotatable bonds is 5. The summed E-state index contributed by atoms with van der Waals surface area (Å²) in [6.07, 6.45) is 0. The van der Waals surface area contributed by atoms with Gasteiger partial charge in [0.25, 0.3) is 16.1 Å². The SMILES string of the molecule is CCN(CC)S(=O)(=O)N1CCN(C(=O)c2ccc3c(c2)C(=O)c2ccccc2-3)CC1. The van der Waals surface area contributed by atoms with Crippen molar-refractivity contribution in [2.45, 2.75) is 13.8 Å². The number of carbonyl (C=O) groups excluding carboxylic acids is 2. The third kappa shape index (κ3) is 3.34. The van der Waals surface area contributed by atoms with E-state index in [9.17, 15) is 18.0 Å². The van der Waals surface area contributed by atoms with Crippen LogP contribution in [0.3, 0.4) is 0 Å². The van der Waals surface area contributed by atoms with Crippen LogP contribution >= 0.6 is 0 Å². The maximum atomic E-state index is 13.0. The molecule has 1 aliphatic heterocycles. The molecule has 0 N–H and O–H groups in total. The number of hydrogen-bond acceptors (Lipinski definition) is 4. The summed E-state index contributed by atoms with van der Waals surface area (Å²) in [5.74, 6) is -0.244. The van der Waals surface area contributed by atoms with Crippen molar-refractivity contribution in [3.05, 3.63) is 59.2 Å². The summed E-state index contributed by atoms with van der Waals surface area (Å²) in [6.45, 7) is 5.64. The molecule has 0 aromatic heterocycles. The number of benzene rings is 2. The van der Waals surface area contributed by atoms with Crippen LogP contribution in [0.15, 0.2) is 42.5 Å². The van der Waals surface area contributed by atoms with Crippen LogP contribution in [0.25, 0.3) is 11.1 Å². The minimum Gasteiger partial charge on any atom is -0.336 e. The lowest BCUT2D eigenvalue weighted by Gasteiger charge is -2.36. The van der Waals surface area contributed by atoms with Gasteiger partial charge in [0.2, 0.25) is 0 Å². The van der Waals surface area contributed by atoms with Crippen molar-refractivity contribution in [3.8, 4) is 11.1 Å². The van der Waals surface area contributed by atoms with Gasteiger partial charge in [0, 0.05) is 56.0 Å². The predicted molar refractivity (Wildman–Crippen MR) is 115 cm³/mol. The van der Waals surface area contributed by atoms with Crippen molar-refractivity contribution in [1.82, 2.24) is 13.5 Å². The molecule has 4 rings (SSSR count). The van der Waals surface area contributed by atoms with Crippen LogP contribution in [0, 0.1) is 0 Å². The molecule has 1 saturated heterocycles. The van der Waals surface area contributed by atoms with Gasteiger partial charge in [-0.15, -0.1) is 0 Å². The molecule has 8 heteroatoms. The molecule has 1 aliphatic carbocycles. The molecule has 2 aliphatic rings. The summed E-state index contributed by atoms with van der Waals surface area (Å²) in [6, 6.07) is 12.7. The highest BCUT2D eigenvalue weighted by Gasteiger charge is 2.33. The van der Waals surface area contributed by atoms with Gasteiger partial charge in [-0.25, -0.2) is 0 Å². The second-order valence-corrected chi connectivity index (χ2v) is 9.35. The molecule has 7 nitrogen and oxygen atoms in total. The summed E-state index contributed by atoms with van der Waals surface area (Å²) in [5.41, 5.74) is 3.40. The van der Waals surface area contributed by atoms with E-state index in [1.807, 2.05) is 38.1 Å². The second kappa shape index (κ2) is 7.94. The highest BCUT2D eigenvalue weighted by Crippen LogP contribution is 2.36. The molecule has 0 saturated carbocycles. The Morgan fingerprint density at radius 3 is 2.13 bits per heavy atom. The van der Waals surface area contributed by atoms with Crippen LogP contribution in [0.5, 0.6) is 0 Å². The molecule has 158 valence electrons. The number of nitrogens with zero attached hydrogens (tertiary/aromatic N) is 3. The Morgan fingerprint density at radius 2 is 1.50 bits per heavy atom. The average molecular weight is 428 g/mol. The van der Waals surface area contributed by atoms with Gasteiger partial charge in [-0.05, 0) is 23.3 Å². The smallest absolute Gasteiger partial charge is 0.282 e. The van der Waals surface area contributed by atoms with Gasteiger partial charge in [-0.2, -0.15) is 17.0 Å². The first kappa shape index (κ1) is 20.7. The largest absolute Gasteiger partial charge is 0.336 e. The van der Waals surface area contributed by atoms with Crippen molar-refractivity contribution < 1.29 is 18.0 Å². The summed E-state index contributed by atoms with van der Waals surface area (Å²) < 4.78 is 28.2. The molecular weight excluding hydrogens is 402 g/mol. The zero-order chi connectivity index (χ0) is 21.5. The molecule has 0 unspecified atom stereocenters. The predicted octanol–water partition coefficient (Wildman–Crippen LogP) is 2.24. The van der Waals surface area contributed by atoms with Crippen molar-refractivity contribution in [2.24, 2.45) is 0 Å². The van der Waals surface area contributed by atoms with E-state index in [0.29, 0.717) is 42.9 Å². The zero-order valence-corrected chi connectivity index (χ0v) is 18.0. The van der Waals surface area contributed by atoms with E-state index in [-0.39, 0.29) is 24.8 Å². The fraction of sp³-hybridized carbons (Fsp3) is 0.364. The highest BCUT2D eigenvalue weighted by atomic mass is 32.2. The molecule has 0 radical (unpaired) electrons. The summed E-state index contributed by atoms with van der Waals surface area (Å²) >= 11 is 0. The molecule has 1 heterocycles. The van der Waals surface area contributed by atoms with E-state index in [0.717, 1.165) is 11.1 Å². The Kier molecular flexibility index (Phi) is 5.48. The molecule has 1 amide bonds. The summed E-state index contributed by atoms with van der Waals surface area (Å²) in [7, 11) is -3.50. The maximum absolute atomic E-state index is 13.0. The first-order chi connectivity index (χ1) is 14.4. The Labute approximate surface area is 177 Å². The van der Waals surface area contributed by atoms with E-state index in [4.69, 9.17) is 0 Å². The number of piperazine rings is 1. The number of ketones is 1. The van der Waals surface area contributed by atoms with Crippen molar-refractivity contribution >= 4 is 21.9 Å². The molecule has 2 aromatic rings. The minimum absolute atomic E-state index is 0.0645. The first-order valence-corrected chi connectivity index (χ1v) is 11.6. The van der Waals surface area contributed by atoms with Gasteiger partial charge < -0.3 is 4.90 Å². The molecule has 0 bridgehead atoms. The topological polar surface area (TPSA) is 78.0 Å². The van der Waals surface area contributed by atoms with Gasteiger partial charge in [0.05, 0.1) is 0 Å². The van der Waals surface area contributed by atoms with E-state index in [1.54, 1.807) is 23.1 Å². The van der Waals surface area contributed by atoms with E-state index in [1.165, 1.54) is 8.61 Å². The van der Waals surface area contributed by atoms with Gasteiger partial charge in [-0.3, -0.25) is 9.59 Å². The van der Waals surface area contributed by atoms with Gasteiger partial charge in [0.1, 0.15) is 0 Å². The third-order valence-corrected chi connectivity index (χ3v) is 8.04. The van der Waals surface area contributed by atoms with E-state index >= 15 is 0 Å². The van der Waals surface area contributed by atoms with Gasteiger partial charge in [0.15, 0.2) is 5.78 Å². The monoisotopic (exact) mass is 427 g/mol. The van der Waals surface area contributed by atoms with Crippen molar-refractivity contribution in [3.63, 3.8) is 0 Å². The number of amides is 1.